The normalized spacial score (nSPS) is 12.9. The first-order chi connectivity index (χ1) is 22.5. The molecular formula is C24H44N8O12S4. The summed E-state index contributed by atoms with van der Waals surface area (Å²) in [6, 6.07) is -5.16. The van der Waals surface area contributed by atoms with E-state index in [1.807, 2.05) is 0 Å². The number of hydrogen-bond acceptors (Lipinski definition) is 16. The molecule has 24 heteroatoms. The molecule has 0 saturated carbocycles. The standard InChI is InChI=1S/C20H32N6O12S2.C4H12N2S2/c21-9(19(35)36)1-3-13(27)25-11(17(33)23-5-15(29)30)7-39-40-8-12(18(34)24-6-16(31)32)26-14(28)4-2-10(22)20(37)38;5-1-3-7-8-4-2-6/h9-12H,1-8,21-22H2,(H,23,33)(H,24,34)(H,25,27)(H,26,28)(H,29,30)(H,31,32)(H,35,36)(H,37,38);1-6H2. The van der Waals surface area contributed by atoms with Crippen molar-refractivity contribution >= 4 is 90.7 Å². The second kappa shape index (κ2) is 29.0. The number of rotatable bonds is 26. The van der Waals surface area contributed by atoms with Gasteiger partial charge < -0.3 is 64.6 Å². The quantitative estimate of drug-likeness (QED) is 0.0299. The van der Waals surface area contributed by atoms with Crippen LogP contribution in [0.2, 0.25) is 0 Å². The van der Waals surface area contributed by atoms with E-state index in [9.17, 15) is 38.4 Å². The number of amides is 4. The van der Waals surface area contributed by atoms with Crippen LogP contribution in [0.5, 0.6) is 0 Å². The number of carbonyl (C=O) groups is 8. The summed E-state index contributed by atoms with van der Waals surface area (Å²) < 4.78 is 0. The fraction of sp³-hybridized carbons (Fsp3) is 0.667. The largest absolute Gasteiger partial charge is 0.480 e. The zero-order valence-corrected chi connectivity index (χ0v) is 29.1. The highest BCUT2D eigenvalue weighted by Gasteiger charge is 2.25. The first kappa shape index (κ1) is 47.1. The summed E-state index contributed by atoms with van der Waals surface area (Å²) in [6.07, 6.45) is -1.12. The van der Waals surface area contributed by atoms with Crippen molar-refractivity contribution in [2.45, 2.75) is 49.9 Å². The SMILES string of the molecule is NC(CCC(=O)NC(CSSCC(NC(=O)CCC(N)C(=O)O)C(=O)NCC(=O)O)C(=O)NCC(=O)O)C(=O)O.NCCSSCCN. The third-order valence-corrected chi connectivity index (χ3v) is 10.1. The molecule has 0 aromatic heterocycles. The Kier molecular flexibility index (Phi) is 28.4. The number of aliphatic carboxylic acids is 4. The predicted molar refractivity (Wildman–Crippen MR) is 183 cm³/mol. The van der Waals surface area contributed by atoms with Gasteiger partial charge in [-0.2, -0.15) is 0 Å². The molecule has 48 heavy (non-hydrogen) atoms. The van der Waals surface area contributed by atoms with Crippen LogP contribution in [-0.2, 0) is 38.4 Å². The van der Waals surface area contributed by atoms with E-state index in [1.165, 1.54) is 0 Å². The van der Waals surface area contributed by atoms with Crippen molar-refractivity contribution in [2.24, 2.45) is 22.9 Å². The van der Waals surface area contributed by atoms with Gasteiger partial charge in [-0.25, -0.2) is 0 Å². The van der Waals surface area contributed by atoms with Gasteiger partial charge >= 0.3 is 23.9 Å². The molecule has 0 spiro atoms. The van der Waals surface area contributed by atoms with Gasteiger partial charge in [-0.05, 0) is 12.8 Å². The van der Waals surface area contributed by atoms with Crippen molar-refractivity contribution in [1.82, 2.24) is 21.3 Å². The summed E-state index contributed by atoms with van der Waals surface area (Å²) in [6.45, 7) is 0.0526. The summed E-state index contributed by atoms with van der Waals surface area (Å²) in [5.74, 6) is -6.75. The Morgan fingerprint density at radius 3 is 1.17 bits per heavy atom. The Morgan fingerprint density at radius 1 is 0.562 bits per heavy atom. The third-order valence-electron chi connectivity index (χ3n) is 5.17. The van der Waals surface area contributed by atoms with Gasteiger partial charge in [0.1, 0.15) is 37.3 Å². The predicted octanol–water partition coefficient (Wildman–Crippen LogP) is -3.59. The molecule has 0 bridgehead atoms. The molecule has 0 aliphatic rings. The minimum atomic E-state index is -1.34. The number of carboxylic acids is 4. The Balaban J connectivity index is 0. The Morgan fingerprint density at radius 2 is 0.896 bits per heavy atom. The van der Waals surface area contributed by atoms with Crippen molar-refractivity contribution in [3.63, 3.8) is 0 Å². The van der Waals surface area contributed by atoms with Crippen molar-refractivity contribution in [2.75, 3.05) is 49.2 Å². The summed E-state index contributed by atoms with van der Waals surface area (Å²) in [5.41, 5.74) is 21.2. The van der Waals surface area contributed by atoms with Crippen molar-refractivity contribution in [1.29, 1.82) is 0 Å². The van der Waals surface area contributed by atoms with Gasteiger partial charge in [0.2, 0.25) is 23.6 Å². The Bertz CT molecular complexity index is 983. The van der Waals surface area contributed by atoms with E-state index in [-0.39, 0.29) is 37.2 Å². The zero-order valence-electron chi connectivity index (χ0n) is 25.8. The monoisotopic (exact) mass is 764 g/mol. The average molecular weight is 765 g/mol. The maximum absolute atomic E-state index is 12.4. The molecule has 20 nitrogen and oxygen atoms in total. The van der Waals surface area contributed by atoms with Crippen LogP contribution in [0.15, 0.2) is 0 Å². The van der Waals surface area contributed by atoms with Gasteiger partial charge in [0.15, 0.2) is 0 Å². The zero-order chi connectivity index (χ0) is 37.1. The average Bonchev–Trinajstić information content (AvgIpc) is 3.02. The van der Waals surface area contributed by atoms with Gasteiger partial charge in [-0.1, -0.05) is 43.2 Å². The van der Waals surface area contributed by atoms with Gasteiger partial charge in [0.05, 0.1) is 0 Å². The fourth-order valence-electron chi connectivity index (χ4n) is 2.74. The van der Waals surface area contributed by atoms with Crippen molar-refractivity contribution in [3.8, 4) is 0 Å². The minimum Gasteiger partial charge on any atom is -0.480 e. The molecule has 0 saturated heterocycles. The van der Waals surface area contributed by atoms with E-state index in [0.29, 0.717) is 0 Å². The summed E-state index contributed by atoms with van der Waals surface area (Å²) in [5, 5.41) is 44.1. The molecule has 4 unspecified atom stereocenters. The smallest absolute Gasteiger partial charge is 0.322 e. The van der Waals surface area contributed by atoms with Gasteiger partial charge in [-0.3, -0.25) is 38.4 Å². The fourth-order valence-corrected chi connectivity index (χ4v) is 6.78. The lowest BCUT2D eigenvalue weighted by atomic mass is 10.1. The van der Waals surface area contributed by atoms with Crippen molar-refractivity contribution in [3.05, 3.63) is 0 Å². The van der Waals surface area contributed by atoms with E-state index >= 15 is 0 Å². The first-order valence-electron chi connectivity index (χ1n) is 14.0. The topological polar surface area (TPSA) is 370 Å². The van der Waals surface area contributed by atoms with Crippen LogP contribution in [0, 0.1) is 0 Å². The maximum atomic E-state index is 12.4. The molecule has 0 rings (SSSR count). The van der Waals surface area contributed by atoms with E-state index < -0.39 is 84.8 Å². The van der Waals surface area contributed by atoms with Crippen LogP contribution >= 0.6 is 43.2 Å². The van der Waals surface area contributed by atoms with E-state index in [4.69, 9.17) is 43.4 Å². The van der Waals surface area contributed by atoms with Crippen LogP contribution in [0.4, 0.5) is 0 Å². The molecule has 0 aromatic rings. The Hall–Kier alpha value is -3.00. The third kappa shape index (κ3) is 27.0. The van der Waals surface area contributed by atoms with E-state index in [1.54, 1.807) is 21.6 Å². The van der Waals surface area contributed by atoms with Crippen LogP contribution in [0.3, 0.4) is 0 Å². The molecule has 0 aliphatic carbocycles. The maximum Gasteiger partial charge on any atom is 0.322 e. The van der Waals surface area contributed by atoms with Gasteiger partial charge in [-0.15, -0.1) is 0 Å². The molecule has 276 valence electrons. The summed E-state index contributed by atoms with van der Waals surface area (Å²) in [4.78, 5) is 92.3. The number of nitrogens with two attached hydrogens (primary N) is 4. The van der Waals surface area contributed by atoms with E-state index in [2.05, 4.69) is 21.3 Å². The molecule has 0 aliphatic heterocycles. The summed E-state index contributed by atoms with van der Waals surface area (Å²) in [7, 11) is 5.47. The lowest BCUT2D eigenvalue weighted by Gasteiger charge is -2.20. The van der Waals surface area contributed by atoms with Crippen LogP contribution in [0.1, 0.15) is 25.7 Å². The second-order valence-corrected chi connectivity index (χ2v) is 14.5. The molecule has 0 radical (unpaired) electrons. The summed E-state index contributed by atoms with van der Waals surface area (Å²) >= 11 is 0. The highest BCUT2D eigenvalue weighted by atomic mass is 33.1. The van der Waals surface area contributed by atoms with Gasteiger partial charge in [0, 0.05) is 48.9 Å². The highest BCUT2D eigenvalue weighted by molar-refractivity contribution is 8.77. The lowest BCUT2D eigenvalue weighted by Crippen LogP contribution is -2.50. The number of carboxylic acid groups (broad SMARTS) is 4. The molecule has 16 N–H and O–H groups in total. The van der Waals surface area contributed by atoms with Crippen LogP contribution < -0.4 is 44.2 Å². The van der Waals surface area contributed by atoms with E-state index in [0.717, 1.165) is 46.2 Å². The van der Waals surface area contributed by atoms with Crippen LogP contribution in [0.25, 0.3) is 0 Å². The molecule has 0 fully saturated rings. The Labute approximate surface area is 291 Å². The van der Waals surface area contributed by atoms with Gasteiger partial charge in [0.25, 0.3) is 0 Å². The van der Waals surface area contributed by atoms with Crippen LogP contribution in [-0.4, -0.2) is 141 Å². The lowest BCUT2D eigenvalue weighted by molar-refractivity contribution is -0.140. The second-order valence-electron chi connectivity index (χ2n) is 9.22. The first-order valence-corrected chi connectivity index (χ1v) is 19.0. The number of hydrogen-bond donors (Lipinski definition) is 12. The number of nitrogens with one attached hydrogen (secondary N) is 4. The number of carbonyl (C=O) groups excluding carboxylic acids is 4. The molecule has 4 amide bonds. The molecule has 0 aromatic carbocycles. The molecular weight excluding hydrogens is 721 g/mol. The van der Waals surface area contributed by atoms with Crippen molar-refractivity contribution < 1.29 is 58.8 Å². The molecule has 4 atom stereocenters. The minimum absolute atomic E-state index is 0.155. The molecule has 0 heterocycles. The highest BCUT2D eigenvalue weighted by Crippen LogP contribution is 2.23.